The number of carbonyl (C=O) groups is 1. The molecule has 28 heavy (non-hydrogen) atoms. The standard InChI is InChI=1S/C18H25N3O5S2/c1-2-11-28(25,26)21-9-7-17(8-10-21)20-18(22)14-27(23,24)13-16-5-3-15(12-19)4-6-16/h3-6,17H,2,7-11,13-14H2,1H3,(H,20,22). The van der Waals surface area contributed by atoms with E-state index in [0.29, 0.717) is 43.5 Å². The third kappa shape index (κ3) is 6.58. The highest BCUT2D eigenvalue weighted by atomic mass is 32.2. The van der Waals surface area contributed by atoms with Gasteiger partial charge in [0.1, 0.15) is 5.75 Å². The van der Waals surface area contributed by atoms with Gasteiger partial charge in [0, 0.05) is 19.1 Å². The number of hydrogen-bond acceptors (Lipinski definition) is 6. The zero-order chi connectivity index (χ0) is 20.8. The molecule has 0 aromatic heterocycles. The minimum Gasteiger partial charge on any atom is -0.352 e. The Labute approximate surface area is 166 Å². The Balaban J connectivity index is 1.84. The number of hydrogen-bond donors (Lipinski definition) is 1. The smallest absolute Gasteiger partial charge is 0.235 e. The number of sulfone groups is 1. The van der Waals surface area contributed by atoms with Gasteiger partial charge in [-0.05, 0) is 37.0 Å². The van der Waals surface area contributed by atoms with Gasteiger partial charge in [-0.3, -0.25) is 4.79 Å². The molecule has 0 unspecified atom stereocenters. The van der Waals surface area contributed by atoms with Crippen LogP contribution in [0.1, 0.15) is 37.3 Å². The zero-order valence-electron chi connectivity index (χ0n) is 15.8. The molecular formula is C18H25N3O5S2. The van der Waals surface area contributed by atoms with E-state index in [-0.39, 0.29) is 17.5 Å². The topological polar surface area (TPSA) is 124 Å². The predicted molar refractivity (Wildman–Crippen MR) is 105 cm³/mol. The van der Waals surface area contributed by atoms with Gasteiger partial charge in [-0.25, -0.2) is 21.1 Å². The van der Waals surface area contributed by atoms with Crippen molar-refractivity contribution in [1.82, 2.24) is 9.62 Å². The van der Waals surface area contributed by atoms with Crippen molar-refractivity contribution in [3.8, 4) is 6.07 Å². The van der Waals surface area contributed by atoms with Crippen LogP contribution in [0.2, 0.25) is 0 Å². The quantitative estimate of drug-likeness (QED) is 0.654. The number of nitrogens with one attached hydrogen (secondary N) is 1. The molecule has 10 heteroatoms. The lowest BCUT2D eigenvalue weighted by Crippen LogP contribution is -2.48. The molecule has 0 saturated carbocycles. The van der Waals surface area contributed by atoms with Crippen LogP contribution in [0.4, 0.5) is 0 Å². The van der Waals surface area contributed by atoms with E-state index in [9.17, 15) is 21.6 Å². The average molecular weight is 428 g/mol. The first-order chi connectivity index (χ1) is 13.1. The maximum absolute atomic E-state index is 12.2. The first kappa shape index (κ1) is 22.3. The Bertz CT molecular complexity index is 926. The van der Waals surface area contributed by atoms with Crippen LogP contribution in [-0.2, 0) is 30.4 Å². The molecule has 0 spiro atoms. The minimum atomic E-state index is -3.65. The Hall–Kier alpha value is -1.96. The van der Waals surface area contributed by atoms with E-state index in [1.807, 2.05) is 13.0 Å². The summed E-state index contributed by atoms with van der Waals surface area (Å²) in [6.45, 7) is 2.46. The number of nitrogens with zero attached hydrogens (tertiary/aromatic N) is 2. The van der Waals surface area contributed by atoms with Gasteiger partial charge in [0.05, 0.1) is 23.1 Å². The highest BCUT2D eigenvalue weighted by Gasteiger charge is 2.28. The minimum absolute atomic E-state index is 0.109. The lowest BCUT2D eigenvalue weighted by atomic mass is 10.1. The molecule has 0 radical (unpaired) electrons. The molecule has 1 heterocycles. The molecule has 1 aliphatic heterocycles. The van der Waals surface area contributed by atoms with Crippen molar-refractivity contribution in [3.05, 3.63) is 35.4 Å². The summed E-state index contributed by atoms with van der Waals surface area (Å²) in [5.74, 6) is -1.37. The fraction of sp³-hybridized carbons (Fsp3) is 0.556. The Morgan fingerprint density at radius 3 is 2.32 bits per heavy atom. The van der Waals surface area contributed by atoms with Crippen molar-refractivity contribution >= 4 is 25.8 Å². The number of carbonyl (C=O) groups excluding carboxylic acids is 1. The van der Waals surface area contributed by atoms with Crippen LogP contribution in [0.15, 0.2) is 24.3 Å². The maximum Gasteiger partial charge on any atom is 0.235 e. The molecule has 8 nitrogen and oxygen atoms in total. The zero-order valence-corrected chi connectivity index (χ0v) is 17.4. The third-order valence-corrected chi connectivity index (χ3v) is 8.05. The summed E-state index contributed by atoms with van der Waals surface area (Å²) in [5, 5.41) is 11.5. The van der Waals surface area contributed by atoms with Crippen LogP contribution >= 0.6 is 0 Å². The highest BCUT2D eigenvalue weighted by Crippen LogP contribution is 2.15. The van der Waals surface area contributed by atoms with Gasteiger partial charge in [-0.1, -0.05) is 19.1 Å². The van der Waals surface area contributed by atoms with Crippen molar-refractivity contribution < 1.29 is 21.6 Å². The molecule has 1 saturated heterocycles. The number of amides is 1. The lowest BCUT2D eigenvalue weighted by molar-refractivity contribution is -0.119. The van der Waals surface area contributed by atoms with Gasteiger partial charge in [-0.2, -0.15) is 5.26 Å². The van der Waals surface area contributed by atoms with Gasteiger partial charge in [0.2, 0.25) is 15.9 Å². The van der Waals surface area contributed by atoms with Crippen LogP contribution in [0.25, 0.3) is 0 Å². The van der Waals surface area contributed by atoms with Gasteiger partial charge in [0.25, 0.3) is 0 Å². The molecule has 1 aromatic rings. The predicted octanol–water partition coefficient (Wildman–Crippen LogP) is 0.793. The molecule has 0 bridgehead atoms. The van der Waals surface area contributed by atoms with Crippen LogP contribution in [0.5, 0.6) is 0 Å². The second kappa shape index (κ2) is 9.49. The third-order valence-electron chi connectivity index (χ3n) is 4.50. The van der Waals surface area contributed by atoms with Crippen molar-refractivity contribution in [3.63, 3.8) is 0 Å². The fourth-order valence-corrected chi connectivity index (χ4v) is 5.94. The number of sulfonamides is 1. The Kier molecular flexibility index (Phi) is 7.57. The maximum atomic E-state index is 12.2. The fourth-order valence-electron chi connectivity index (χ4n) is 3.11. The van der Waals surface area contributed by atoms with E-state index < -0.39 is 31.5 Å². The highest BCUT2D eigenvalue weighted by molar-refractivity contribution is 7.91. The molecule has 0 atom stereocenters. The molecule has 1 fully saturated rings. The number of nitriles is 1. The molecule has 154 valence electrons. The average Bonchev–Trinajstić information content (AvgIpc) is 2.62. The second-order valence-corrected chi connectivity index (χ2v) is 11.1. The molecule has 1 aliphatic rings. The van der Waals surface area contributed by atoms with Crippen molar-refractivity contribution in [1.29, 1.82) is 5.26 Å². The van der Waals surface area contributed by atoms with Crippen LogP contribution in [-0.4, -0.2) is 57.7 Å². The molecule has 1 N–H and O–H groups in total. The number of rotatable bonds is 8. The summed E-state index contributed by atoms with van der Waals surface area (Å²) in [5.41, 5.74) is 0.951. The summed E-state index contributed by atoms with van der Waals surface area (Å²) in [7, 11) is -6.90. The van der Waals surface area contributed by atoms with E-state index >= 15 is 0 Å². The van der Waals surface area contributed by atoms with Gasteiger partial charge < -0.3 is 5.32 Å². The molecular weight excluding hydrogens is 402 g/mol. The van der Waals surface area contributed by atoms with Crippen LogP contribution < -0.4 is 5.32 Å². The van der Waals surface area contributed by atoms with Crippen molar-refractivity contribution in [2.45, 2.75) is 38.0 Å². The molecule has 2 rings (SSSR count). The lowest BCUT2D eigenvalue weighted by Gasteiger charge is -2.31. The summed E-state index contributed by atoms with van der Waals surface area (Å²) in [6.07, 6.45) is 1.48. The SMILES string of the molecule is CCCS(=O)(=O)N1CCC(NC(=O)CS(=O)(=O)Cc2ccc(C#N)cc2)CC1. The van der Waals surface area contributed by atoms with E-state index in [0.717, 1.165) is 0 Å². The van der Waals surface area contributed by atoms with Gasteiger partial charge in [0.15, 0.2) is 9.84 Å². The Morgan fingerprint density at radius 2 is 1.79 bits per heavy atom. The van der Waals surface area contributed by atoms with Gasteiger partial charge >= 0.3 is 0 Å². The summed E-state index contributed by atoms with van der Waals surface area (Å²) in [6, 6.07) is 7.91. The first-order valence-electron chi connectivity index (χ1n) is 9.12. The summed E-state index contributed by atoms with van der Waals surface area (Å²) < 4.78 is 50.0. The van der Waals surface area contributed by atoms with Crippen LogP contribution in [0, 0.1) is 11.3 Å². The number of benzene rings is 1. The Morgan fingerprint density at radius 1 is 1.18 bits per heavy atom. The first-order valence-corrected chi connectivity index (χ1v) is 12.5. The van der Waals surface area contributed by atoms with Crippen molar-refractivity contribution in [2.75, 3.05) is 24.6 Å². The molecule has 1 aromatic carbocycles. The van der Waals surface area contributed by atoms with E-state index in [2.05, 4.69) is 5.32 Å². The van der Waals surface area contributed by atoms with E-state index in [1.54, 1.807) is 12.1 Å². The molecule has 1 amide bonds. The van der Waals surface area contributed by atoms with E-state index in [4.69, 9.17) is 5.26 Å². The summed E-state index contributed by atoms with van der Waals surface area (Å²) in [4.78, 5) is 12.1. The van der Waals surface area contributed by atoms with Crippen LogP contribution in [0.3, 0.4) is 0 Å². The monoisotopic (exact) mass is 427 g/mol. The molecule has 0 aliphatic carbocycles. The van der Waals surface area contributed by atoms with Crippen molar-refractivity contribution in [2.24, 2.45) is 0 Å². The van der Waals surface area contributed by atoms with E-state index in [1.165, 1.54) is 16.4 Å². The van der Waals surface area contributed by atoms with Gasteiger partial charge in [-0.15, -0.1) is 0 Å². The normalized spacial score (nSPS) is 16.4. The second-order valence-electron chi connectivity index (χ2n) is 6.90. The summed E-state index contributed by atoms with van der Waals surface area (Å²) >= 11 is 0. The number of piperidine rings is 1. The largest absolute Gasteiger partial charge is 0.352 e.